The van der Waals surface area contributed by atoms with Crippen molar-refractivity contribution in [3.05, 3.63) is 78.1 Å². The van der Waals surface area contributed by atoms with Crippen molar-refractivity contribution in [3.63, 3.8) is 0 Å². The molecule has 0 aliphatic rings. The van der Waals surface area contributed by atoms with Gasteiger partial charge in [-0.25, -0.2) is 8.42 Å². The van der Waals surface area contributed by atoms with Crippen molar-refractivity contribution in [2.45, 2.75) is 17.6 Å². The molecule has 0 spiro atoms. The van der Waals surface area contributed by atoms with Crippen LogP contribution in [-0.2, 0) is 22.7 Å². The van der Waals surface area contributed by atoms with Crippen molar-refractivity contribution >= 4 is 15.7 Å². The van der Waals surface area contributed by atoms with E-state index in [2.05, 4.69) is 9.82 Å². The van der Waals surface area contributed by atoms with Gasteiger partial charge in [-0.1, -0.05) is 18.2 Å². The Bertz CT molecular complexity index is 1000. The molecule has 1 heterocycles. The van der Waals surface area contributed by atoms with Gasteiger partial charge in [0.1, 0.15) is 0 Å². The number of halogens is 3. The first-order valence-corrected chi connectivity index (χ1v) is 8.99. The van der Waals surface area contributed by atoms with Gasteiger partial charge in [0.15, 0.2) is 0 Å². The third-order valence-corrected chi connectivity index (χ3v) is 4.93. The van der Waals surface area contributed by atoms with Crippen LogP contribution in [-0.4, -0.2) is 18.2 Å². The van der Waals surface area contributed by atoms with Crippen LogP contribution in [0.15, 0.2) is 71.9 Å². The molecular formula is C17H14F3N3O2S. The summed E-state index contributed by atoms with van der Waals surface area (Å²) < 4.78 is 67.2. The zero-order valence-corrected chi connectivity index (χ0v) is 14.1. The van der Waals surface area contributed by atoms with E-state index < -0.39 is 26.7 Å². The molecule has 0 aliphatic heterocycles. The highest BCUT2D eigenvalue weighted by atomic mass is 32.2. The number of rotatable bonds is 5. The average molecular weight is 381 g/mol. The molecule has 0 fully saturated rings. The first-order chi connectivity index (χ1) is 12.2. The van der Waals surface area contributed by atoms with Crippen LogP contribution in [0.3, 0.4) is 0 Å². The highest BCUT2D eigenvalue weighted by molar-refractivity contribution is 7.92. The van der Waals surface area contributed by atoms with Crippen LogP contribution in [0, 0.1) is 0 Å². The lowest BCUT2D eigenvalue weighted by Gasteiger charge is -2.12. The largest absolute Gasteiger partial charge is 0.416 e. The van der Waals surface area contributed by atoms with Crippen molar-refractivity contribution in [1.82, 2.24) is 9.78 Å². The highest BCUT2D eigenvalue weighted by Crippen LogP contribution is 2.30. The lowest BCUT2D eigenvalue weighted by molar-refractivity contribution is -0.137. The Kier molecular flexibility index (Phi) is 4.73. The minimum absolute atomic E-state index is 0.257. The fourth-order valence-corrected chi connectivity index (χ4v) is 3.46. The quantitative estimate of drug-likeness (QED) is 0.732. The Morgan fingerprint density at radius 1 is 1.04 bits per heavy atom. The van der Waals surface area contributed by atoms with Crippen LogP contribution in [0.4, 0.5) is 18.9 Å². The number of nitrogens with zero attached hydrogens (tertiary/aromatic N) is 2. The van der Waals surface area contributed by atoms with E-state index in [9.17, 15) is 21.6 Å². The summed E-state index contributed by atoms with van der Waals surface area (Å²) >= 11 is 0. The predicted molar refractivity (Wildman–Crippen MR) is 90.0 cm³/mol. The van der Waals surface area contributed by atoms with E-state index in [4.69, 9.17) is 0 Å². The Labute approximate surface area is 148 Å². The Morgan fingerprint density at radius 2 is 1.81 bits per heavy atom. The maximum Gasteiger partial charge on any atom is 0.416 e. The molecule has 1 aromatic heterocycles. The molecular weight excluding hydrogens is 367 g/mol. The van der Waals surface area contributed by atoms with E-state index in [1.54, 1.807) is 41.3 Å². The van der Waals surface area contributed by atoms with E-state index in [-0.39, 0.29) is 5.69 Å². The van der Waals surface area contributed by atoms with Crippen LogP contribution in [0.25, 0.3) is 0 Å². The molecule has 26 heavy (non-hydrogen) atoms. The van der Waals surface area contributed by atoms with Gasteiger partial charge in [-0.3, -0.25) is 9.40 Å². The summed E-state index contributed by atoms with van der Waals surface area (Å²) in [7, 11) is -4.15. The molecule has 0 unspecified atom stereocenters. The van der Waals surface area contributed by atoms with Gasteiger partial charge in [-0.05, 0) is 42.0 Å². The lowest BCUT2D eigenvalue weighted by atomic mass is 10.2. The molecule has 0 aliphatic carbocycles. The monoisotopic (exact) mass is 381 g/mol. The van der Waals surface area contributed by atoms with Crippen molar-refractivity contribution in [2.75, 3.05) is 4.72 Å². The number of nitrogens with one attached hydrogen (secondary N) is 1. The predicted octanol–water partition coefficient (Wildman–Crippen LogP) is 3.75. The summed E-state index contributed by atoms with van der Waals surface area (Å²) in [5.41, 5.74) is 0.0258. The number of hydrogen-bond donors (Lipinski definition) is 1. The lowest BCUT2D eigenvalue weighted by Crippen LogP contribution is -2.15. The van der Waals surface area contributed by atoms with Crippen molar-refractivity contribution in [1.29, 1.82) is 0 Å². The molecule has 0 atom stereocenters. The summed E-state index contributed by atoms with van der Waals surface area (Å²) in [6.07, 6.45) is -1.23. The normalized spacial score (nSPS) is 12.1. The second kappa shape index (κ2) is 6.83. The average Bonchev–Trinajstić information content (AvgIpc) is 3.07. The summed E-state index contributed by atoms with van der Waals surface area (Å²) in [4.78, 5) is -0.454. The van der Waals surface area contributed by atoms with Crippen molar-refractivity contribution in [2.24, 2.45) is 0 Å². The third-order valence-electron chi connectivity index (χ3n) is 3.55. The van der Waals surface area contributed by atoms with E-state index in [0.717, 1.165) is 23.8 Å². The smallest absolute Gasteiger partial charge is 0.280 e. The van der Waals surface area contributed by atoms with Crippen LogP contribution in [0.2, 0.25) is 0 Å². The molecule has 3 aromatic rings. The molecule has 2 aromatic carbocycles. The molecule has 0 bridgehead atoms. The zero-order valence-electron chi connectivity index (χ0n) is 13.3. The maximum absolute atomic E-state index is 12.8. The minimum atomic E-state index is -4.62. The van der Waals surface area contributed by atoms with Crippen molar-refractivity contribution < 1.29 is 21.6 Å². The number of hydrogen-bond acceptors (Lipinski definition) is 3. The van der Waals surface area contributed by atoms with Gasteiger partial charge in [-0.15, -0.1) is 0 Å². The number of benzene rings is 2. The van der Waals surface area contributed by atoms with Crippen LogP contribution in [0.1, 0.15) is 11.1 Å². The summed E-state index contributed by atoms with van der Waals surface area (Å²) in [6, 6.07) is 12.0. The molecule has 5 nitrogen and oxygen atoms in total. The molecule has 9 heteroatoms. The van der Waals surface area contributed by atoms with Crippen LogP contribution < -0.4 is 4.72 Å². The van der Waals surface area contributed by atoms with Gasteiger partial charge < -0.3 is 0 Å². The van der Waals surface area contributed by atoms with E-state index in [1.165, 1.54) is 6.07 Å². The number of sulfonamides is 1. The summed E-state index contributed by atoms with van der Waals surface area (Å²) in [6.45, 7) is 0.437. The molecule has 3 rings (SSSR count). The number of aromatic nitrogens is 2. The number of alkyl halides is 3. The van der Waals surface area contributed by atoms with E-state index in [1.807, 2.05) is 0 Å². The molecule has 0 saturated carbocycles. The first-order valence-electron chi connectivity index (χ1n) is 7.50. The van der Waals surface area contributed by atoms with Crippen molar-refractivity contribution in [3.8, 4) is 0 Å². The van der Waals surface area contributed by atoms with Crippen LogP contribution in [0.5, 0.6) is 0 Å². The van der Waals surface area contributed by atoms with Gasteiger partial charge in [-0.2, -0.15) is 18.3 Å². The Balaban J connectivity index is 1.84. The summed E-state index contributed by atoms with van der Waals surface area (Å²) in [5, 5.41) is 4.07. The maximum atomic E-state index is 12.8. The van der Waals surface area contributed by atoms with Gasteiger partial charge in [0.2, 0.25) is 0 Å². The second-order valence-electron chi connectivity index (χ2n) is 5.54. The first kappa shape index (κ1) is 18.0. The molecule has 136 valence electrons. The van der Waals surface area contributed by atoms with Crippen LogP contribution >= 0.6 is 0 Å². The van der Waals surface area contributed by atoms with Gasteiger partial charge >= 0.3 is 6.18 Å². The zero-order chi connectivity index (χ0) is 18.8. The molecule has 0 saturated heterocycles. The Morgan fingerprint density at radius 3 is 2.50 bits per heavy atom. The fourth-order valence-electron chi connectivity index (χ4n) is 2.37. The minimum Gasteiger partial charge on any atom is -0.280 e. The van der Waals surface area contributed by atoms with E-state index >= 15 is 0 Å². The summed E-state index contributed by atoms with van der Waals surface area (Å²) in [5.74, 6) is 0. The second-order valence-corrected chi connectivity index (χ2v) is 7.22. The number of anilines is 1. The Hall–Kier alpha value is -2.81. The van der Waals surface area contributed by atoms with Gasteiger partial charge in [0.25, 0.3) is 10.0 Å². The van der Waals surface area contributed by atoms with Gasteiger partial charge in [0.05, 0.1) is 17.0 Å². The van der Waals surface area contributed by atoms with E-state index in [0.29, 0.717) is 12.6 Å². The molecule has 0 amide bonds. The topological polar surface area (TPSA) is 64.0 Å². The standard InChI is InChI=1S/C17H14F3N3O2S/c18-17(19,20)14-5-2-7-16(11-14)26(24,25)22-15-6-1-4-13(10-15)12-23-9-3-8-21-23/h1-11,22H,12H2. The van der Waals surface area contributed by atoms with Gasteiger partial charge in [0, 0.05) is 18.1 Å². The molecule has 0 radical (unpaired) electrons. The third kappa shape index (κ3) is 4.23. The highest BCUT2D eigenvalue weighted by Gasteiger charge is 2.31. The molecule has 1 N–H and O–H groups in total. The fraction of sp³-hybridized carbons (Fsp3) is 0.118. The SMILES string of the molecule is O=S(=O)(Nc1cccc(Cn2cccn2)c1)c1cccc(C(F)(F)F)c1.